The van der Waals surface area contributed by atoms with Gasteiger partial charge >= 0.3 is 0 Å². The Morgan fingerprint density at radius 3 is 2.52 bits per heavy atom. The van der Waals surface area contributed by atoms with Crippen LogP contribution in [0.25, 0.3) is 10.9 Å². The summed E-state index contributed by atoms with van der Waals surface area (Å²) >= 11 is 0. The van der Waals surface area contributed by atoms with Crippen molar-refractivity contribution >= 4 is 22.6 Å². The first kappa shape index (κ1) is 17.5. The fourth-order valence-electron chi connectivity index (χ4n) is 4.04. The van der Waals surface area contributed by atoms with E-state index < -0.39 is 0 Å². The molecule has 2 N–H and O–H groups in total. The summed E-state index contributed by atoms with van der Waals surface area (Å²) in [6.45, 7) is 1.93. The summed E-state index contributed by atoms with van der Waals surface area (Å²) in [7, 11) is 0. The zero-order valence-electron chi connectivity index (χ0n) is 15.4. The maximum Gasteiger partial charge on any atom is 0.253 e. The molecule has 3 aromatic rings. The van der Waals surface area contributed by atoms with Gasteiger partial charge in [-0.3, -0.25) is 14.6 Å². The number of hydrogen-bond acceptors (Lipinski definition) is 3. The first-order chi connectivity index (χ1) is 13.1. The summed E-state index contributed by atoms with van der Waals surface area (Å²) in [6.07, 6.45) is 4.86. The first-order valence-electron chi connectivity index (χ1n) is 9.47. The van der Waals surface area contributed by atoms with Gasteiger partial charge in [0.15, 0.2) is 5.78 Å². The molecule has 0 unspecified atom stereocenters. The number of carbonyl (C=O) groups excluding carboxylic acids is 2. The van der Waals surface area contributed by atoms with Crippen LogP contribution >= 0.6 is 0 Å². The lowest BCUT2D eigenvalue weighted by atomic mass is 9.82. The van der Waals surface area contributed by atoms with Crippen LogP contribution in [0.5, 0.6) is 0 Å². The number of fused-ring (bicyclic) bond motifs is 1. The summed E-state index contributed by atoms with van der Waals surface area (Å²) < 4.78 is 0. The quantitative estimate of drug-likeness (QED) is 0.689. The zero-order valence-corrected chi connectivity index (χ0v) is 15.4. The second kappa shape index (κ2) is 7.35. The van der Waals surface area contributed by atoms with Gasteiger partial charge in [0.05, 0.1) is 5.56 Å². The maximum absolute atomic E-state index is 12.8. The van der Waals surface area contributed by atoms with Crippen LogP contribution in [0.4, 0.5) is 0 Å². The molecule has 1 saturated carbocycles. The number of aryl methyl sites for hydroxylation is 1. The van der Waals surface area contributed by atoms with Crippen molar-refractivity contribution in [2.45, 2.75) is 38.6 Å². The smallest absolute Gasteiger partial charge is 0.253 e. The van der Waals surface area contributed by atoms with Gasteiger partial charge in [-0.25, -0.2) is 0 Å². The molecular weight excluding hydrogens is 338 g/mol. The van der Waals surface area contributed by atoms with Crippen molar-refractivity contribution in [3.8, 4) is 0 Å². The zero-order chi connectivity index (χ0) is 18.8. The fraction of sp³-hybridized carbons (Fsp3) is 0.318. The summed E-state index contributed by atoms with van der Waals surface area (Å²) in [5.74, 6) is 0.0835. The number of aromatic amines is 1. The minimum atomic E-state index is -0.0375. The monoisotopic (exact) mass is 361 g/mol. The number of carbonyl (C=O) groups is 2. The summed E-state index contributed by atoms with van der Waals surface area (Å²) in [6, 6.07) is 13.4. The third kappa shape index (κ3) is 3.50. The Hall–Kier alpha value is -2.95. The number of amides is 1. The van der Waals surface area contributed by atoms with Gasteiger partial charge in [0.25, 0.3) is 5.91 Å². The second-order valence-electron chi connectivity index (χ2n) is 7.27. The number of para-hydroxylation sites is 1. The molecular formula is C22H23N3O2. The summed E-state index contributed by atoms with van der Waals surface area (Å²) in [5.41, 5.74) is 3.12. The number of ketones is 1. The topological polar surface area (TPSA) is 74.8 Å². The van der Waals surface area contributed by atoms with Crippen LogP contribution in [0, 0.1) is 12.8 Å². The van der Waals surface area contributed by atoms with E-state index in [0.29, 0.717) is 5.69 Å². The molecule has 1 amide bonds. The molecule has 5 nitrogen and oxygen atoms in total. The highest BCUT2D eigenvalue weighted by Crippen LogP contribution is 2.28. The number of nitrogens with one attached hydrogen (secondary N) is 2. The lowest BCUT2D eigenvalue weighted by molar-refractivity contribution is 0.0858. The van der Waals surface area contributed by atoms with Crippen molar-refractivity contribution in [1.29, 1.82) is 0 Å². The Morgan fingerprint density at radius 1 is 1.04 bits per heavy atom. The van der Waals surface area contributed by atoms with Crippen LogP contribution < -0.4 is 5.32 Å². The molecule has 27 heavy (non-hydrogen) atoms. The van der Waals surface area contributed by atoms with Gasteiger partial charge in [-0.1, -0.05) is 24.3 Å². The van der Waals surface area contributed by atoms with Crippen molar-refractivity contribution in [3.05, 3.63) is 65.6 Å². The van der Waals surface area contributed by atoms with Crippen LogP contribution in [0.1, 0.15) is 52.2 Å². The van der Waals surface area contributed by atoms with Gasteiger partial charge in [0.2, 0.25) is 0 Å². The molecule has 0 spiro atoms. The average Bonchev–Trinajstić information content (AvgIpc) is 3.04. The standard InChI is InChI=1S/C22H23N3O2/c1-14-20(17-6-2-3-7-18(17)24-14)22(27)25-16-11-9-15(10-12-16)21(26)19-8-4-5-13-23-19/h2-8,13,15-16,24H,9-12H2,1H3,(H,25,27)/t15-,16-. The van der Waals surface area contributed by atoms with E-state index in [-0.39, 0.29) is 23.7 Å². The number of pyridine rings is 1. The highest BCUT2D eigenvalue weighted by molar-refractivity contribution is 6.08. The lowest BCUT2D eigenvalue weighted by Gasteiger charge is -2.28. The highest BCUT2D eigenvalue weighted by atomic mass is 16.1. The average molecular weight is 361 g/mol. The molecule has 2 heterocycles. The van der Waals surface area contributed by atoms with Gasteiger partial charge < -0.3 is 10.3 Å². The maximum atomic E-state index is 12.8. The van der Waals surface area contributed by atoms with E-state index in [1.165, 1.54) is 0 Å². The van der Waals surface area contributed by atoms with E-state index in [4.69, 9.17) is 0 Å². The summed E-state index contributed by atoms with van der Waals surface area (Å²) in [5, 5.41) is 4.12. The predicted molar refractivity (Wildman–Crippen MR) is 105 cm³/mol. The Morgan fingerprint density at radius 2 is 1.78 bits per heavy atom. The van der Waals surface area contributed by atoms with E-state index in [1.54, 1.807) is 12.3 Å². The van der Waals surface area contributed by atoms with Crippen molar-refractivity contribution in [2.24, 2.45) is 5.92 Å². The van der Waals surface area contributed by atoms with Gasteiger partial charge in [-0.2, -0.15) is 0 Å². The molecule has 2 aromatic heterocycles. The van der Waals surface area contributed by atoms with Crippen LogP contribution in [0.2, 0.25) is 0 Å². The van der Waals surface area contributed by atoms with E-state index in [9.17, 15) is 9.59 Å². The SMILES string of the molecule is Cc1[nH]c2ccccc2c1C(=O)N[C@H]1CC[C@H](C(=O)c2ccccn2)CC1. The van der Waals surface area contributed by atoms with Crippen molar-refractivity contribution in [2.75, 3.05) is 0 Å². The molecule has 0 radical (unpaired) electrons. The normalized spacial score (nSPS) is 19.7. The number of aromatic nitrogens is 2. The van der Waals surface area contributed by atoms with Crippen LogP contribution in [0.3, 0.4) is 0 Å². The molecule has 1 aliphatic carbocycles. The van der Waals surface area contributed by atoms with Crippen molar-refractivity contribution in [1.82, 2.24) is 15.3 Å². The molecule has 1 aliphatic rings. The van der Waals surface area contributed by atoms with Gasteiger partial charge in [0, 0.05) is 34.8 Å². The minimum absolute atomic E-state index is 0.00266. The van der Waals surface area contributed by atoms with E-state index in [1.807, 2.05) is 43.3 Å². The molecule has 4 rings (SSSR count). The minimum Gasteiger partial charge on any atom is -0.358 e. The number of benzene rings is 1. The fourth-order valence-corrected chi connectivity index (χ4v) is 4.04. The molecule has 0 aliphatic heterocycles. The van der Waals surface area contributed by atoms with Crippen LogP contribution in [0.15, 0.2) is 48.7 Å². The molecule has 5 heteroatoms. The van der Waals surface area contributed by atoms with E-state index >= 15 is 0 Å². The van der Waals surface area contributed by atoms with Gasteiger partial charge in [-0.15, -0.1) is 0 Å². The third-order valence-electron chi connectivity index (χ3n) is 5.47. The number of nitrogens with zero attached hydrogens (tertiary/aromatic N) is 1. The largest absolute Gasteiger partial charge is 0.358 e. The number of Topliss-reactive ketones (excluding diaryl/α,β-unsaturated/α-hetero) is 1. The van der Waals surface area contributed by atoms with Crippen LogP contribution in [-0.2, 0) is 0 Å². The Labute approximate surface area is 158 Å². The van der Waals surface area contributed by atoms with Gasteiger partial charge in [-0.05, 0) is 50.8 Å². The number of H-pyrrole nitrogens is 1. The molecule has 0 saturated heterocycles. The molecule has 1 fully saturated rings. The van der Waals surface area contributed by atoms with Crippen molar-refractivity contribution in [3.63, 3.8) is 0 Å². The van der Waals surface area contributed by atoms with E-state index in [2.05, 4.69) is 15.3 Å². The molecule has 138 valence electrons. The predicted octanol–water partition coefficient (Wildman–Crippen LogP) is 4.04. The number of rotatable bonds is 4. The first-order valence-corrected chi connectivity index (χ1v) is 9.47. The highest BCUT2D eigenvalue weighted by Gasteiger charge is 2.29. The summed E-state index contributed by atoms with van der Waals surface area (Å²) in [4.78, 5) is 32.8. The second-order valence-corrected chi connectivity index (χ2v) is 7.27. The van der Waals surface area contributed by atoms with Gasteiger partial charge in [0.1, 0.15) is 5.69 Å². The molecule has 0 atom stereocenters. The molecule has 1 aromatic carbocycles. The Kier molecular flexibility index (Phi) is 4.75. The van der Waals surface area contributed by atoms with E-state index in [0.717, 1.165) is 47.8 Å². The Bertz CT molecular complexity index is 970. The van der Waals surface area contributed by atoms with Crippen LogP contribution in [-0.4, -0.2) is 27.7 Å². The molecule has 0 bridgehead atoms. The number of hydrogen-bond donors (Lipinski definition) is 2. The van der Waals surface area contributed by atoms with Crippen molar-refractivity contribution < 1.29 is 9.59 Å². The Balaban J connectivity index is 1.40. The lowest BCUT2D eigenvalue weighted by Crippen LogP contribution is -2.39. The third-order valence-corrected chi connectivity index (χ3v) is 5.47.